The lowest BCUT2D eigenvalue weighted by molar-refractivity contribution is 0.416. The third-order valence-electron chi connectivity index (χ3n) is 2.58. The summed E-state index contributed by atoms with van der Waals surface area (Å²) in [6.07, 6.45) is 1.15. The molecule has 18 heavy (non-hydrogen) atoms. The first-order chi connectivity index (χ1) is 8.65. The Morgan fingerprint density at radius 3 is 2.78 bits per heavy atom. The molecule has 0 aliphatic rings. The van der Waals surface area contributed by atoms with Gasteiger partial charge in [0.2, 0.25) is 5.95 Å². The highest BCUT2D eigenvalue weighted by molar-refractivity contribution is 5.69. The molecule has 94 valence electrons. The molecule has 0 amide bonds. The molecular weight excluding hydrogens is 233 g/mol. The average Bonchev–Trinajstić information content (AvgIpc) is 2.39. The van der Waals surface area contributed by atoms with Gasteiger partial charge in [-0.3, -0.25) is 0 Å². The number of hydrogen-bond acceptors (Lipinski definition) is 4. The van der Waals surface area contributed by atoms with Crippen LogP contribution in [0.4, 0.5) is 10.3 Å². The number of rotatable bonds is 3. The van der Waals surface area contributed by atoms with Crippen molar-refractivity contribution in [2.45, 2.75) is 6.92 Å². The van der Waals surface area contributed by atoms with Gasteiger partial charge in [-0.1, -0.05) is 11.6 Å². The quantitative estimate of drug-likeness (QED) is 0.905. The van der Waals surface area contributed by atoms with Crippen LogP contribution in [0.1, 0.15) is 5.56 Å². The summed E-state index contributed by atoms with van der Waals surface area (Å²) >= 11 is 0. The normalized spacial score (nSPS) is 10.2. The Kier molecular flexibility index (Phi) is 3.41. The van der Waals surface area contributed by atoms with E-state index in [1.54, 1.807) is 20.2 Å². The third kappa shape index (κ3) is 2.25. The lowest BCUT2D eigenvalue weighted by Crippen LogP contribution is -2.01. The second kappa shape index (κ2) is 5.00. The number of methoxy groups -OCH3 is 1. The zero-order valence-corrected chi connectivity index (χ0v) is 10.5. The topological polar surface area (TPSA) is 47.0 Å². The van der Waals surface area contributed by atoms with Gasteiger partial charge in [0.1, 0.15) is 11.4 Å². The minimum absolute atomic E-state index is 0.231. The van der Waals surface area contributed by atoms with Gasteiger partial charge in [-0.05, 0) is 19.1 Å². The van der Waals surface area contributed by atoms with Crippen LogP contribution in [0.2, 0.25) is 0 Å². The fourth-order valence-corrected chi connectivity index (χ4v) is 1.68. The maximum Gasteiger partial charge on any atom is 0.223 e. The van der Waals surface area contributed by atoms with Crippen LogP contribution < -0.4 is 10.1 Å². The molecule has 0 spiro atoms. The van der Waals surface area contributed by atoms with Gasteiger partial charge >= 0.3 is 0 Å². The minimum atomic E-state index is -0.474. The predicted molar refractivity (Wildman–Crippen MR) is 68.3 cm³/mol. The predicted octanol–water partition coefficient (Wildman–Crippen LogP) is 2.64. The number of nitrogens with one attached hydrogen (secondary N) is 1. The Morgan fingerprint density at radius 2 is 2.11 bits per heavy atom. The summed E-state index contributed by atoms with van der Waals surface area (Å²) in [5.41, 5.74) is 1.86. The first kappa shape index (κ1) is 12.3. The summed E-state index contributed by atoms with van der Waals surface area (Å²) < 4.78 is 19.1. The highest BCUT2D eigenvalue weighted by atomic mass is 19.1. The van der Waals surface area contributed by atoms with Gasteiger partial charge < -0.3 is 10.1 Å². The van der Waals surface area contributed by atoms with Gasteiger partial charge in [-0.2, -0.15) is 0 Å². The molecule has 0 unspecified atom stereocenters. The van der Waals surface area contributed by atoms with E-state index in [9.17, 15) is 4.39 Å². The van der Waals surface area contributed by atoms with E-state index < -0.39 is 5.82 Å². The van der Waals surface area contributed by atoms with Crippen LogP contribution in [0.5, 0.6) is 5.75 Å². The zero-order chi connectivity index (χ0) is 13.1. The van der Waals surface area contributed by atoms with Crippen LogP contribution in [0, 0.1) is 12.7 Å². The van der Waals surface area contributed by atoms with Crippen molar-refractivity contribution < 1.29 is 9.13 Å². The summed E-state index contributed by atoms with van der Waals surface area (Å²) in [5, 5.41) is 2.79. The van der Waals surface area contributed by atoms with E-state index in [0.717, 1.165) is 11.8 Å². The molecule has 0 saturated carbocycles. The molecule has 1 aromatic heterocycles. The van der Waals surface area contributed by atoms with Crippen LogP contribution in [0.25, 0.3) is 11.3 Å². The molecule has 2 aromatic rings. The lowest BCUT2D eigenvalue weighted by Gasteiger charge is -2.10. The molecule has 0 aliphatic carbocycles. The number of benzene rings is 1. The number of anilines is 1. The van der Waals surface area contributed by atoms with E-state index in [1.807, 2.05) is 19.1 Å². The Labute approximate surface area is 105 Å². The van der Waals surface area contributed by atoms with Crippen LogP contribution in [0.3, 0.4) is 0 Å². The number of nitrogens with zero attached hydrogens (tertiary/aromatic N) is 2. The van der Waals surface area contributed by atoms with Crippen molar-refractivity contribution in [1.82, 2.24) is 9.97 Å². The van der Waals surface area contributed by atoms with Gasteiger partial charge in [0.05, 0.1) is 13.3 Å². The lowest BCUT2D eigenvalue weighted by atomic mass is 10.1. The average molecular weight is 247 g/mol. The molecule has 0 fully saturated rings. The van der Waals surface area contributed by atoms with E-state index in [0.29, 0.717) is 17.3 Å². The van der Waals surface area contributed by atoms with Crippen molar-refractivity contribution in [3.8, 4) is 17.0 Å². The van der Waals surface area contributed by atoms with Crippen LogP contribution in [-0.2, 0) is 0 Å². The Hall–Kier alpha value is -2.17. The molecule has 0 radical (unpaired) electrons. The zero-order valence-electron chi connectivity index (χ0n) is 10.5. The van der Waals surface area contributed by atoms with E-state index in [4.69, 9.17) is 4.74 Å². The van der Waals surface area contributed by atoms with Crippen LogP contribution in [0.15, 0.2) is 24.4 Å². The van der Waals surface area contributed by atoms with Crippen molar-refractivity contribution in [1.29, 1.82) is 0 Å². The van der Waals surface area contributed by atoms with Gasteiger partial charge in [0, 0.05) is 12.6 Å². The number of halogens is 1. The standard InChI is InChI=1S/C13H14FN3O/c1-8-4-5-11(18-3)9(6-8)12-10(14)7-16-13(15-2)17-12/h4-7H,1-3H3,(H,15,16,17). The maximum atomic E-state index is 13.8. The second-order valence-electron chi connectivity index (χ2n) is 3.84. The summed E-state index contributed by atoms with van der Waals surface area (Å²) in [6, 6.07) is 5.54. The van der Waals surface area contributed by atoms with Gasteiger partial charge in [-0.15, -0.1) is 0 Å². The van der Waals surface area contributed by atoms with Crippen LogP contribution in [-0.4, -0.2) is 24.1 Å². The van der Waals surface area contributed by atoms with E-state index in [2.05, 4.69) is 15.3 Å². The Morgan fingerprint density at radius 1 is 1.33 bits per heavy atom. The van der Waals surface area contributed by atoms with Gasteiger partial charge in [0.15, 0.2) is 5.82 Å². The maximum absolute atomic E-state index is 13.8. The van der Waals surface area contributed by atoms with Crippen molar-refractivity contribution in [3.63, 3.8) is 0 Å². The molecule has 5 heteroatoms. The van der Waals surface area contributed by atoms with Crippen molar-refractivity contribution in [2.24, 2.45) is 0 Å². The molecule has 1 heterocycles. The van der Waals surface area contributed by atoms with Gasteiger partial charge in [0.25, 0.3) is 0 Å². The molecule has 0 aliphatic heterocycles. The first-order valence-electron chi connectivity index (χ1n) is 5.51. The summed E-state index contributed by atoms with van der Waals surface area (Å²) in [7, 11) is 3.23. The van der Waals surface area contributed by atoms with E-state index in [-0.39, 0.29) is 5.69 Å². The number of aryl methyl sites for hydroxylation is 1. The SMILES string of the molecule is CNc1ncc(F)c(-c2cc(C)ccc2OC)n1. The summed E-state index contributed by atoms with van der Waals surface area (Å²) in [4.78, 5) is 7.96. The van der Waals surface area contributed by atoms with Gasteiger partial charge in [-0.25, -0.2) is 14.4 Å². The fraction of sp³-hybridized carbons (Fsp3) is 0.231. The molecule has 0 bridgehead atoms. The molecule has 2 rings (SSSR count). The van der Waals surface area contributed by atoms with E-state index in [1.165, 1.54) is 0 Å². The molecule has 0 saturated heterocycles. The minimum Gasteiger partial charge on any atom is -0.496 e. The number of hydrogen-bond donors (Lipinski definition) is 1. The van der Waals surface area contributed by atoms with Crippen molar-refractivity contribution in [2.75, 3.05) is 19.5 Å². The monoisotopic (exact) mass is 247 g/mol. The largest absolute Gasteiger partial charge is 0.496 e. The van der Waals surface area contributed by atoms with Crippen molar-refractivity contribution >= 4 is 5.95 Å². The summed E-state index contributed by atoms with van der Waals surface area (Å²) in [6.45, 7) is 1.93. The van der Waals surface area contributed by atoms with Crippen LogP contribution >= 0.6 is 0 Å². The molecule has 4 nitrogen and oxygen atoms in total. The second-order valence-corrected chi connectivity index (χ2v) is 3.84. The Bertz CT molecular complexity index is 572. The van der Waals surface area contributed by atoms with Crippen molar-refractivity contribution in [3.05, 3.63) is 35.8 Å². The van der Waals surface area contributed by atoms with E-state index >= 15 is 0 Å². The smallest absolute Gasteiger partial charge is 0.223 e. The summed E-state index contributed by atoms with van der Waals surface area (Å²) in [5.74, 6) is 0.480. The highest BCUT2D eigenvalue weighted by Gasteiger charge is 2.13. The Balaban J connectivity index is 2.63. The first-order valence-corrected chi connectivity index (χ1v) is 5.51. The highest BCUT2D eigenvalue weighted by Crippen LogP contribution is 2.31. The molecule has 1 N–H and O–H groups in total. The molecular formula is C13H14FN3O. The fourth-order valence-electron chi connectivity index (χ4n) is 1.68. The molecule has 1 aromatic carbocycles. The number of ether oxygens (including phenoxy) is 1. The molecule has 0 atom stereocenters. The third-order valence-corrected chi connectivity index (χ3v) is 2.58. The number of aromatic nitrogens is 2.